The number of rotatable bonds is 6. The number of methoxy groups -OCH3 is 1. The van der Waals surface area contributed by atoms with Crippen LogP contribution in [-0.4, -0.2) is 26.7 Å². The fourth-order valence-electron chi connectivity index (χ4n) is 2.75. The van der Waals surface area contributed by atoms with Crippen LogP contribution in [0.4, 0.5) is 11.4 Å². The van der Waals surface area contributed by atoms with Gasteiger partial charge in [-0.15, -0.1) is 0 Å². The minimum atomic E-state index is -3.52. The Morgan fingerprint density at radius 1 is 1.04 bits per heavy atom. The average molecular weight is 386 g/mol. The van der Waals surface area contributed by atoms with E-state index in [1.807, 2.05) is 36.4 Å². The van der Waals surface area contributed by atoms with Crippen LogP contribution in [0.25, 0.3) is 10.8 Å². The summed E-state index contributed by atoms with van der Waals surface area (Å²) in [5.41, 5.74) is 0.930. The molecule has 0 radical (unpaired) electrons. The lowest BCUT2D eigenvalue weighted by atomic mass is 10.1. The van der Waals surface area contributed by atoms with Crippen molar-refractivity contribution in [1.29, 1.82) is 0 Å². The lowest BCUT2D eigenvalue weighted by Crippen LogP contribution is -2.05. The molecule has 0 unspecified atom stereocenters. The first kappa shape index (κ1) is 18.7. The van der Waals surface area contributed by atoms with Gasteiger partial charge < -0.3 is 10.1 Å². The van der Waals surface area contributed by atoms with Gasteiger partial charge in [-0.05, 0) is 46.7 Å². The number of benzene rings is 3. The summed E-state index contributed by atoms with van der Waals surface area (Å²) in [6, 6.07) is 15.5. The van der Waals surface area contributed by atoms with Crippen molar-refractivity contribution in [2.45, 2.75) is 11.4 Å². The molecule has 0 aliphatic rings. The summed E-state index contributed by atoms with van der Waals surface area (Å²) in [5, 5.41) is 16.4. The van der Waals surface area contributed by atoms with Gasteiger partial charge >= 0.3 is 0 Å². The van der Waals surface area contributed by atoms with Gasteiger partial charge in [0.1, 0.15) is 11.4 Å². The van der Waals surface area contributed by atoms with Crippen LogP contribution in [0.1, 0.15) is 5.56 Å². The van der Waals surface area contributed by atoms with Crippen LogP contribution in [0, 0.1) is 10.1 Å². The number of ether oxygens (including phenoxy) is 1. The van der Waals surface area contributed by atoms with E-state index in [1.54, 1.807) is 7.11 Å². The van der Waals surface area contributed by atoms with Crippen LogP contribution in [0.15, 0.2) is 59.5 Å². The van der Waals surface area contributed by atoms with E-state index in [0.717, 1.165) is 34.4 Å². The van der Waals surface area contributed by atoms with E-state index in [9.17, 15) is 18.5 Å². The monoisotopic (exact) mass is 386 g/mol. The van der Waals surface area contributed by atoms with E-state index >= 15 is 0 Å². The molecule has 0 aliphatic heterocycles. The molecule has 0 bridgehead atoms. The topological polar surface area (TPSA) is 98.5 Å². The molecular weight excluding hydrogens is 368 g/mol. The number of nitrogens with zero attached hydrogens (tertiary/aromatic N) is 1. The van der Waals surface area contributed by atoms with Crippen LogP contribution < -0.4 is 10.1 Å². The second-order valence-electron chi connectivity index (χ2n) is 6.11. The molecule has 0 heterocycles. The molecule has 3 rings (SSSR count). The predicted molar refractivity (Wildman–Crippen MR) is 104 cm³/mol. The summed E-state index contributed by atoms with van der Waals surface area (Å²) in [5.74, 6) is 0.773. The Bertz CT molecular complexity index is 1130. The van der Waals surface area contributed by atoms with Gasteiger partial charge in [0.15, 0.2) is 9.84 Å². The third-order valence-corrected chi connectivity index (χ3v) is 5.30. The van der Waals surface area contributed by atoms with Crippen molar-refractivity contribution in [3.05, 3.63) is 70.3 Å². The molecule has 8 heteroatoms. The van der Waals surface area contributed by atoms with Crippen molar-refractivity contribution < 1.29 is 18.1 Å². The molecule has 0 aromatic heterocycles. The first-order valence-corrected chi connectivity index (χ1v) is 9.96. The van der Waals surface area contributed by atoms with Crippen LogP contribution >= 0.6 is 0 Å². The molecule has 1 N–H and O–H groups in total. The second kappa shape index (κ2) is 7.24. The summed E-state index contributed by atoms with van der Waals surface area (Å²) in [4.78, 5) is 10.6. The normalized spacial score (nSPS) is 11.3. The molecule has 0 atom stereocenters. The first-order valence-electron chi connectivity index (χ1n) is 8.07. The minimum Gasteiger partial charge on any atom is -0.497 e. The molecule has 27 heavy (non-hydrogen) atoms. The van der Waals surface area contributed by atoms with E-state index in [1.165, 1.54) is 12.1 Å². The average Bonchev–Trinajstić information content (AvgIpc) is 2.64. The van der Waals surface area contributed by atoms with Gasteiger partial charge in [0.2, 0.25) is 0 Å². The molecule has 0 amide bonds. The molecule has 3 aromatic rings. The maximum atomic E-state index is 11.6. The number of anilines is 1. The Kier molecular flexibility index (Phi) is 5.00. The lowest BCUT2D eigenvalue weighted by molar-refractivity contribution is -0.384. The van der Waals surface area contributed by atoms with E-state index in [2.05, 4.69) is 5.32 Å². The predicted octanol–water partition coefficient (Wildman–Crippen LogP) is 3.77. The van der Waals surface area contributed by atoms with Crippen molar-refractivity contribution in [3.8, 4) is 5.75 Å². The third kappa shape index (κ3) is 4.17. The molecule has 7 nitrogen and oxygen atoms in total. The Labute approximate surface area is 156 Å². The molecule has 0 aliphatic carbocycles. The zero-order valence-corrected chi connectivity index (χ0v) is 15.6. The number of nitro benzene ring substituents is 1. The van der Waals surface area contributed by atoms with E-state index < -0.39 is 14.8 Å². The Hall–Kier alpha value is -3.13. The molecular formula is C19H18N2O5S. The quantitative estimate of drug-likeness (QED) is 0.511. The number of hydrogen-bond donors (Lipinski definition) is 1. The third-order valence-electron chi connectivity index (χ3n) is 4.19. The summed E-state index contributed by atoms with van der Waals surface area (Å²) in [6.07, 6.45) is 1.02. The maximum Gasteiger partial charge on any atom is 0.293 e. The minimum absolute atomic E-state index is 0.0839. The zero-order valence-electron chi connectivity index (χ0n) is 14.8. The Balaban J connectivity index is 1.86. The van der Waals surface area contributed by atoms with Crippen LogP contribution in [0.5, 0.6) is 5.75 Å². The van der Waals surface area contributed by atoms with E-state index in [0.29, 0.717) is 6.54 Å². The summed E-state index contributed by atoms with van der Waals surface area (Å²) in [6.45, 7) is 0.362. The van der Waals surface area contributed by atoms with Gasteiger partial charge in [-0.25, -0.2) is 8.42 Å². The second-order valence-corrected chi connectivity index (χ2v) is 8.12. The highest BCUT2D eigenvalue weighted by Crippen LogP contribution is 2.28. The number of hydrogen-bond acceptors (Lipinski definition) is 6. The standard InChI is InChI=1S/C19H18N2O5S/c1-26-16-6-5-14-9-13(3-4-15(14)10-16)12-20-18-8-7-17(27(2,24)25)11-19(18)21(22)23/h3-11,20H,12H2,1-2H3. The Morgan fingerprint density at radius 2 is 1.74 bits per heavy atom. The number of nitrogens with one attached hydrogen (secondary N) is 1. The largest absolute Gasteiger partial charge is 0.497 e. The highest BCUT2D eigenvalue weighted by atomic mass is 32.2. The number of fused-ring (bicyclic) bond motifs is 1. The SMILES string of the molecule is COc1ccc2cc(CNc3ccc(S(C)(=O)=O)cc3[N+](=O)[O-])ccc2c1. The molecule has 3 aromatic carbocycles. The number of sulfone groups is 1. The molecule has 0 saturated heterocycles. The molecule has 0 fully saturated rings. The van der Waals surface area contributed by atoms with Crippen LogP contribution in [0.3, 0.4) is 0 Å². The number of nitro groups is 1. The van der Waals surface area contributed by atoms with Gasteiger partial charge in [-0.1, -0.05) is 18.2 Å². The summed E-state index contributed by atoms with van der Waals surface area (Å²) in [7, 11) is -1.90. The Morgan fingerprint density at radius 3 is 2.41 bits per heavy atom. The van der Waals surface area contributed by atoms with Gasteiger partial charge in [0, 0.05) is 18.9 Å². The van der Waals surface area contributed by atoms with Crippen LogP contribution in [-0.2, 0) is 16.4 Å². The summed E-state index contributed by atoms with van der Waals surface area (Å²) < 4.78 is 28.4. The van der Waals surface area contributed by atoms with Gasteiger partial charge in [-0.2, -0.15) is 0 Å². The maximum absolute atomic E-state index is 11.6. The molecule has 0 saturated carbocycles. The van der Waals surface area contributed by atoms with Crippen molar-refractivity contribution in [2.75, 3.05) is 18.7 Å². The van der Waals surface area contributed by atoms with Crippen LogP contribution in [0.2, 0.25) is 0 Å². The first-order chi connectivity index (χ1) is 12.8. The zero-order chi connectivity index (χ0) is 19.6. The highest BCUT2D eigenvalue weighted by Gasteiger charge is 2.18. The molecule has 140 valence electrons. The fourth-order valence-corrected chi connectivity index (χ4v) is 3.39. The fraction of sp³-hybridized carbons (Fsp3) is 0.158. The highest BCUT2D eigenvalue weighted by molar-refractivity contribution is 7.90. The van der Waals surface area contributed by atoms with Gasteiger partial charge in [0.25, 0.3) is 5.69 Å². The summed E-state index contributed by atoms with van der Waals surface area (Å²) >= 11 is 0. The van der Waals surface area contributed by atoms with Crippen molar-refractivity contribution in [2.24, 2.45) is 0 Å². The van der Waals surface area contributed by atoms with Crippen molar-refractivity contribution in [1.82, 2.24) is 0 Å². The van der Waals surface area contributed by atoms with Crippen molar-refractivity contribution >= 4 is 32.0 Å². The lowest BCUT2D eigenvalue weighted by Gasteiger charge is -2.10. The molecule has 0 spiro atoms. The van der Waals surface area contributed by atoms with E-state index in [4.69, 9.17) is 4.74 Å². The van der Waals surface area contributed by atoms with Crippen molar-refractivity contribution in [3.63, 3.8) is 0 Å². The smallest absolute Gasteiger partial charge is 0.293 e. The van der Waals surface area contributed by atoms with Gasteiger partial charge in [0.05, 0.1) is 16.9 Å². The van der Waals surface area contributed by atoms with E-state index in [-0.39, 0.29) is 16.3 Å². The van der Waals surface area contributed by atoms with Gasteiger partial charge in [-0.3, -0.25) is 10.1 Å².